The summed E-state index contributed by atoms with van der Waals surface area (Å²) in [5, 5.41) is 9.75. The molecule has 2 aromatic carbocycles. The molecule has 1 amide bonds. The highest BCUT2D eigenvalue weighted by atomic mass is 16.2. The average Bonchev–Trinajstić information content (AvgIpc) is 3.42. The first-order valence-corrected chi connectivity index (χ1v) is 13.3. The molecule has 0 unspecified atom stereocenters. The van der Waals surface area contributed by atoms with Crippen molar-refractivity contribution >= 4 is 34.3 Å². The number of aromatic nitrogens is 3. The van der Waals surface area contributed by atoms with Gasteiger partial charge in [0.15, 0.2) is 5.65 Å². The van der Waals surface area contributed by atoms with Crippen LogP contribution in [-0.4, -0.2) is 53.2 Å². The number of nitrogens with one attached hydrogen (secondary N) is 3. The van der Waals surface area contributed by atoms with Crippen LogP contribution in [0.15, 0.2) is 59.7 Å². The Hall–Kier alpha value is -4.24. The molecule has 2 aromatic heterocycles. The third-order valence-corrected chi connectivity index (χ3v) is 7.27. The van der Waals surface area contributed by atoms with Crippen molar-refractivity contribution in [3.05, 3.63) is 81.8 Å². The number of hydrogen-bond donors (Lipinski definition) is 3. The van der Waals surface area contributed by atoms with Gasteiger partial charge in [-0.25, -0.2) is 4.98 Å². The van der Waals surface area contributed by atoms with Gasteiger partial charge in [-0.05, 0) is 67.6 Å². The smallest absolute Gasteiger partial charge is 0.256 e. The lowest BCUT2D eigenvalue weighted by molar-refractivity contribution is 0.0954. The molecule has 38 heavy (non-hydrogen) atoms. The number of carbonyl (C=O) groups excluding carboxylic acids is 1. The van der Waals surface area contributed by atoms with Gasteiger partial charge in [-0.2, -0.15) is 4.98 Å². The molecule has 1 saturated heterocycles. The van der Waals surface area contributed by atoms with Gasteiger partial charge in [-0.3, -0.25) is 9.59 Å². The minimum atomic E-state index is -0.402. The van der Waals surface area contributed by atoms with E-state index in [2.05, 4.69) is 50.1 Å². The third kappa shape index (κ3) is 4.61. The maximum atomic E-state index is 13.3. The molecule has 1 aliphatic carbocycles. The van der Waals surface area contributed by atoms with E-state index in [1.807, 2.05) is 29.7 Å². The van der Waals surface area contributed by atoms with Gasteiger partial charge in [-0.1, -0.05) is 12.1 Å². The van der Waals surface area contributed by atoms with Crippen molar-refractivity contribution in [2.75, 3.05) is 42.9 Å². The minimum Gasteiger partial charge on any atom is -0.369 e. The molecule has 1 fully saturated rings. The Bertz CT molecular complexity index is 1570. The largest absolute Gasteiger partial charge is 0.369 e. The lowest BCUT2D eigenvalue weighted by Gasteiger charge is -2.29. The van der Waals surface area contributed by atoms with Gasteiger partial charge in [0.05, 0.1) is 5.39 Å². The first kappa shape index (κ1) is 24.1. The van der Waals surface area contributed by atoms with E-state index in [9.17, 15) is 9.59 Å². The third-order valence-electron chi connectivity index (χ3n) is 7.27. The molecule has 0 spiro atoms. The molecule has 3 N–H and O–H groups in total. The molecule has 3 heterocycles. The van der Waals surface area contributed by atoms with Crippen LogP contribution in [0.1, 0.15) is 34.8 Å². The lowest BCUT2D eigenvalue weighted by atomic mass is 10.1. The van der Waals surface area contributed by atoms with Crippen LogP contribution >= 0.6 is 0 Å². The van der Waals surface area contributed by atoms with E-state index in [0.29, 0.717) is 23.5 Å². The second-order valence-electron chi connectivity index (χ2n) is 9.75. The van der Waals surface area contributed by atoms with E-state index in [1.54, 1.807) is 6.20 Å². The van der Waals surface area contributed by atoms with E-state index in [4.69, 9.17) is 4.98 Å². The number of anilines is 3. The number of benzene rings is 2. The Kier molecular flexibility index (Phi) is 6.51. The van der Waals surface area contributed by atoms with Crippen LogP contribution in [0, 0.1) is 0 Å². The highest BCUT2D eigenvalue weighted by molar-refractivity contribution is 5.97. The van der Waals surface area contributed by atoms with E-state index in [-0.39, 0.29) is 11.0 Å². The number of hydrogen-bond acceptors (Lipinski definition) is 7. The van der Waals surface area contributed by atoms with Gasteiger partial charge >= 0.3 is 0 Å². The van der Waals surface area contributed by atoms with Crippen molar-refractivity contribution in [1.29, 1.82) is 0 Å². The standard InChI is InChI=1S/C29H31N7O2/c1-2-31-28(38)25-18-36(23-10-9-19-5-3-6-20(19)15-23)27-24(26(25)37)17-32-29(34-27)33-21-7-4-8-22(16-21)35-13-11-30-12-14-35/h4,7-10,15-18,30H,2-3,5-6,11-14H2,1H3,(H,31,38)(H,32,33,34). The predicted octanol–water partition coefficient (Wildman–Crippen LogP) is 3.17. The van der Waals surface area contributed by atoms with E-state index in [1.165, 1.54) is 17.3 Å². The van der Waals surface area contributed by atoms with E-state index < -0.39 is 5.91 Å². The van der Waals surface area contributed by atoms with Crippen molar-refractivity contribution in [3.8, 4) is 5.69 Å². The molecular formula is C29H31N7O2. The molecule has 194 valence electrons. The van der Waals surface area contributed by atoms with Crippen molar-refractivity contribution in [2.24, 2.45) is 0 Å². The molecule has 4 aromatic rings. The number of rotatable bonds is 6. The van der Waals surface area contributed by atoms with Crippen molar-refractivity contribution in [3.63, 3.8) is 0 Å². The first-order chi connectivity index (χ1) is 18.6. The fourth-order valence-corrected chi connectivity index (χ4v) is 5.33. The zero-order valence-corrected chi connectivity index (χ0v) is 21.5. The molecule has 0 atom stereocenters. The maximum Gasteiger partial charge on any atom is 0.256 e. The summed E-state index contributed by atoms with van der Waals surface area (Å²) >= 11 is 0. The fourth-order valence-electron chi connectivity index (χ4n) is 5.33. The number of nitrogens with zero attached hydrogens (tertiary/aromatic N) is 4. The van der Waals surface area contributed by atoms with Crippen LogP contribution < -0.4 is 26.3 Å². The highest BCUT2D eigenvalue weighted by Gasteiger charge is 2.19. The normalized spacial score (nSPS) is 14.9. The second-order valence-corrected chi connectivity index (χ2v) is 9.75. The average molecular weight is 510 g/mol. The summed E-state index contributed by atoms with van der Waals surface area (Å²) in [4.78, 5) is 37.7. The molecule has 0 bridgehead atoms. The Balaban J connectivity index is 1.43. The number of piperazine rings is 1. The van der Waals surface area contributed by atoms with Crippen LogP contribution in [0.3, 0.4) is 0 Å². The van der Waals surface area contributed by atoms with Crippen LogP contribution in [0.5, 0.6) is 0 Å². The van der Waals surface area contributed by atoms with Crippen LogP contribution in [0.2, 0.25) is 0 Å². The molecule has 9 nitrogen and oxygen atoms in total. The number of aryl methyl sites for hydroxylation is 2. The summed E-state index contributed by atoms with van der Waals surface area (Å²) in [6.45, 7) is 6.10. The Morgan fingerprint density at radius 1 is 1.05 bits per heavy atom. The van der Waals surface area contributed by atoms with E-state index >= 15 is 0 Å². The van der Waals surface area contributed by atoms with Crippen molar-refractivity contribution < 1.29 is 4.79 Å². The number of fused-ring (bicyclic) bond motifs is 2. The molecular weight excluding hydrogens is 478 g/mol. The minimum absolute atomic E-state index is 0.0767. The second kappa shape index (κ2) is 10.3. The van der Waals surface area contributed by atoms with Gasteiger partial charge < -0.3 is 25.4 Å². The summed E-state index contributed by atoms with van der Waals surface area (Å²) in [5.41, 5.74) is 5.67. The molecule has 0 saturated carbocycles. The number of pyridine rings is 1. The van der Waals surface area contributed by atoms with Crippen molar-refractivity contribution in [2.45, 2.75) is 26.2 Å². The Morgan fingerprint density at radius 2 is 1.89 bits per heavy atom. The fraction of sp³-hybridized carbons (Fsp3) is 0.310. The lowest BCUT2D eigenvalue weighted by Crippen LogP contribution is -2.43. The van der Waals surface area contributed by atoms with Gasteiger partial charge in [0, 0.05) is 62.2 Å². The van der Waals surface area contributed by atoms with Crippen LogP contribution in [0.4, 0.5) is 17.3 Å². The quantitative estimate of drug-likeness (QED) is 0.367. The van der Waals surface area contributed by atoms with E-state index in [0.717, 1.165) is 62.5 Å². The summed E-state index contributed by atoms with van der Waals surface area (Å²) in [6.07, 6.45) is 6.36. The molecule has 0 radical (unpaired) electrons. The van der Waals surface area contributed by atoms with Crippen LogP contribution in [-0.2, 0) is 12.8 Å². The zero-order valence-electron chi connectivity index (χ0n) is 21.5. The summed E-state index contributed by atoms with van der Waals surface area (Å²) < 4.78 is 1.84. The summed E-state index contributed by atoms with van der Waals surface area (Å²) in [7, 11) is 0. The topological polar surface area (TPSA) is 104 Å². The molecule has 6 rings (SSSR count). The van der Waals surface area contributed by atoms with Crippen LogP contribution in [0.25, 0.3) is 16.7 Å². The number of amides is 1. The zero-order chi connectivity index (χ0) is 26.1. The Labute approximate surface area is 220 Å². The highest BCUT2D eigenvalue weighted by Crippen LogP contribution is 2.27. The number of carbonyl (C=O) groups is 1. The monoisotopic (exact) mass is 509 g/mol. The SMILES string of the molecule is CCNC(=O)c1cn(-c2ccc3c(c2)CCC3)c2nc(Nc3cccc(N4CCNCC4)c3)ncc2c1=O. The maximum absolute atomic E-state index is 13.3. The van der Waals surface area contributed by atoms with Gasteiger partial charge in [-0.15, -0.1) is 0 Å². The van der Waals surface area contributed by atoms with Gasteiger partial charge in [0.25, 0.3) is 5.91 Å². The predicted molar refractivity (Wildman–Crippen MR) is 150 cm³/mol. The summed E-state index contributed by atoms with van der Waals surface area (Å²) in [5.74, 6) is -0.0173. The first-order valence-electron chi connectivity index (χ1n) is 13.3. The van der Waals surface area contributed by atoms with Crippen molar-refractivity contribution in [1.82, 2.24) is 25.2 Å². The molecule has 2 aliphatic rings. The summed E-state index contributed by atoms with van der Waals surface area (Å²) in [6, 6.07) is 14.5. The molecule has 1 aliphatic heterocycles. The van der Waals surface area contributed by atoms with Gasteiger partial charge in [0.2, 0.25) is 11.4 Å². The Morgan fingerprint density at radius 3 is 2.74 bits per heavy atom. The van der Waals surface area contributed by atoms with Gasteiger partial charge in [0.1, 0.15) is 5.56 Å². The molecule has 9 heteroatoms.